The van der Waals surface area contributed by atoms with Gasteiger partial charge in [-0.25, -0.2) is 21.9 Å². The standard InChI is InChI=1S/C12H14BrF2NO3S/c13-9-4-8(14)5-10(15)12(9)20(18,19)16-11-3-1-2-7(11)6-17/h4-5,7,11,16-17H,1-3,6H2. The van der Waals surface area contributed by atoms with Crippen molar-refractivity contribution in [3.8, 4) is 0 Å². The van der Waals surface area contributed by atoms with Crippen LogP contribution in [-0.2, 0) is 10.0 Å². The molecule has 0 spiro atoms. The average Bonchev–Trinajstić information content (AvgIpc) is 2.73. The summed E-state index contributed by atoms with van der Waals surface area (Å²) in [6.45, 7) is -0.125. The van der Waals surface area contributed by atoms with Gasteiger partial charge in [0.1, 0.15) is 16.5 Å². The molecule has 2 N–H and O–H groups in total. The van der Waals surface area contributed by atoms with Crippen LogP contribution in [0.2, 0.25) is 0 Å². The predicted molar refractivity (Wildman–Crippen MR) is 72.6 cm³/mol. The number of sulfonamides is 1. The maximum Gasteiger partial charge on any atom is 0.244 e. The first-order valence-electron chi connectivity index (χ1n) is 6.13. The molecule has 8 heteroatoms. The van der Waals surface area contributed by atoms with Gasteiger partial charge in [-0.1, -0.05) is 6.42 Å². The Labute approximate surface area is 124 Å². The molecule has 2 atom stereocenters. The second-order valence-electron chi connectivity index (χ2n) is 4.80. The normalized spacial score (nSPS) is 23.2. The van der Waals surface area contributed by atoms with Crippen LogP contribution in [0.5, 0.6) is 0 Å². The van der Waals surface area contributed by atoms with Crippen molar-refractivity contribution in [2.75, 3.05) is 6.61 Å². The van der Waals surface area contributed by atoms with E-state index < -0.39 is 32.6 Å². The lowest BCUT2D eigenvalue weighted by Gasteiger charge is -2.19. The minimum atomic E-state index is -4.11. The van der Waals surface area contributed by atoms with Crippen LogP contribution >= 0.6 is 15.9 Å². The molecule has 0 radical (unpaired) electrons. The van der Waals surface area contributed by atoms with E-state index >= 15 is 0 Å². The number of hydrogen-bond acceptors (Lipinski definition) is 3. The first-order chi connectivity index (χ1) is 9.35. The molecule has 112 valence electrons. The second-order valence-corrected chi connectivity index (χ2v) is 7.31. The molecule has 1 aliphatic rings. The molecule has 0 aromatic heterocycles. The highest BCUT2D eigenvalue weighted by Gasteiger charge is 2.33. The molecular formula is C12H14BrF2NO3S. The maximum atomic E-state index is 13.7. The second kappa shape index (κ2) is 6.05. The average molecular weight is 370 g/mol. The van der Waals surface area contributed by atoms with Crippen LogP contribution in [0.1, 0.15) is 19.3 Å². The minimum Gasteiger partial charge on any atom is -0.396 e. The van der Waals surface area contributed by atoms with E-state index in [0.717, 1.165) is 18.9 Å². The van der Waals surface area contributed by atoms with Gasteiger partial charge >= 0.3 is 0 Å². The Balaban J connectivity index is 2.32. The summed E-state index contributed by atoms with van der Waals surface area (Å²) in [7, 11) is -4.11. The van der Waals surface area contributed by atoms with Gasteiger partial charge in [0.2, 0.25) is 10.0 Å². The Morgan fingerprint density at radius 1 is 1.35 bits per heavy atom. The van der Waals surface area contributed by atoms with Crippen LogP contribution in [-0.4, -0.2) is 26.2 Å². The third-order valence-electron chi connectivity index (χ3n) is 3.43. The maximum absolute atomic E-state index is 13.7. The number of hydrogen-bond donors (Lipinski definition) is 2. The Kier molecular flexibility index (Phi) is 4.78. The fraction of sp³-hybridized carbons (Fsp3) is 0.500. The van der Waals surface area contributed by atoms with Crippen LogP contribution in [0.3, 0.4) is 0 Å². The summed E-state index contributed by atoms with van der Waals surface area (Å²) in [6, 6.07) is 0.995. The zero-order valence-electron chi connectivity index (χ0n) is 10.4. The smallest absolute Gasteiger partial charge is 0.244 e. The van der Waals surface area contributed by atoms with Crippen LogP contribution in [0, 0.1) is 17.6 Å². The van der Waals surface area contributed by atoms with Gasteiger partial charge in [-0.3, -0.25) is 0 Å². The van der Waals surface area contributed by atoms with Crippen molar-refractivity contribution in [3.05, 3.63) is 28.2 Å². The van der Waals surface area contributed by atoms with Gasteiger partial charge in [-0.15, -0.1) is 0 Å². The lowest BCUT2D eigenvalue weighted by Crippen LogP contribution is -2.39. The fourth-order valence-corrected chi connectivity index (χ4v) is 4.96. The third-order valence-corrected chi connectivity index (χ3v) is 5.89. The monoisotopic (exact) mass is 369 g/mol. The van der Waals surface area contributed by atoms with Crippen LogP contribution < -0.4 is 4.72 Å². The molecule has 0 heterocycles. The Morgan fingerprint density at radius 2 is 2.05 bits per heavy atom. The van der Waals surface area contributed by atoms with Crippen LogP contribution in [0.15, 0.2) is 21.5 Å². The predicted octanol–water partition coefficient (Wildman–Crippen LogP) is 2.17. The molecule has 1 aromatic carbocycles. The first kappa shape index (κ1) is 15.8. The topological polar surface area (TPSA) is 66.4 Å². The van der Waals surface area contributed by atoms with Gasteiger partial charge in [0, 0.05) is 23.2 Å². The van der Waals surface area contributed by atoms with Gasteiger partial charge in [0.05, 0.1) is 0 Å². The number of aliphatic hydroxyl groups excluding tert-OH is 1. The first-order valence-corrected chi connectivity index (χ1v) is 8.40. The summed E-state index contributed by atoms with van der Waals surface area (Å²) < 4.78 is 53.4. The Hall–Kier alpha value is -0.570. The van der Waals surface area contributed by atoms with E-state index in [9.17, 15) is 22.3 Å². The number of rotatable bonds is 4. The summed E-state index contributed by atoms with van der Waals surface area (Å²) in [5.41, 5.74) is 0. The highest BCUT2D eigenvalue weighted by Crippen LogP contribution is 2.30. The molecule has 0 bridgehead atoms. The van der Waals surface area contributed by atoms with E-state index in [2.05, 4.69) is 20.7 Å². The molecule has 1 aliphatic carbocycles. The molecule has 0 aliphatic heterocycles. The van der Waals surface area contributed by atoms with E-state index in [1.807, 2.05) is 0 Å². The van der Waals surface area contributed by atoms with E-state index in [1.54, 1.807) is 0 Å². The zero-order valence-corrected chi connectivity index (χ0v) is 12.8. The molecular weight excluding hydrogens is 356 g/mol. The lowest BCUT2D eigenvalue weighted by molar-refractivity contribution is 0.213. The summed E-state index contributed by atoms with van der Waals surface area (Å²) in [4.78, 5) is -0.609. The highest BCUT2D eigenvalue weighted by atomic mass is 79.9. The zero-order chi connectivity index (χ0) is 14.9. The summed E-state index contributed by atoms with van der Waals surface area (Å²) in [5, 5.41) is 9.18. The van der Waals surface area contributed by atoms with E-state index in [-0.39, 0.29) is 17.0 Å². The van der Waals surface area contributed by atoms with Gasteiger partial charge in [0.15, 0.2) is 0 Å². The van der Waals surface area contributed by atoms with Crippen molar-refractivity contribution in [1.29, 1.82) is 0 Å². The quantitative estimate of drug-likeness (QED) is 0.854. The number of aliphatic hydroxyl groups is 1. The van der Waals surface area contributed by atoms with Gasteiger partial charge in [-0.05, 0) is 40.8 Å². The SMILES string of the molecule is O=S(=O)(NC1CCCC1CO)c1c(F)cc(F)cc1Br. The summed E-state index contributed by atoms with van der Waals surface area (Å²) in [6.07, 6.45) is 2.10. The Morgan fingerprint density at radius 3 is 2.65 bits per heavy atom. The van der Waals surface area contributed by atoms with Crippen molar-refractivity contribution in [2.45, 2.75) is 30.2 Å². The minimum absolute atomic E-state index is 0.125. The number of halogens is 3. The van der Waals surface area contributed by atoms with Gasteiger partial charge in [0.25, 0.3) is 0 Å². The van der Waals surface area contributed by atoms with E-state index in [0.29, 0.717) is 12.5 Å². The largest absolute Gasteiger partial charge is 0.396 e. The molecule has 20 heavy (non-hydrogen) atoms. The number of benzene rings is 1. The molecule has 0 saturated heterocycles. The van der Waals surface area contributed by atoms with Crippen molar-refractivity contribution in [1.82, 2.24) is 4.72 Å². The molecule has 0 amide bonds. The molecule has 1 saturated carbocycles. The van der Waals surface area contributed by atoms with Gasteiger partial charge in [-0.2, -0.15) is 0 Å². The van der Waals surface area contributed by atoms with Crippen LogP contribution in [0.25, 0.3) is 0 Å². The molecule has 1 fully saturated rings. The van der Waals surface area contributed by atoms with Gasteiger partial charge < -0.3 is 5.11 Å². The molecule has 4 nitrogen and oxygen atoms in total. The lowest BCUT2D eigenvalue weighted by atomic mass is 10.1. The van der Waals surface area contributed by atoms with E-state index in [4.69, 9.17) is 0 Å². The van der Waals surface area contributed by atoms with E-state index in [1.165, 1.54) is 0 Å². The highest BCUT2D eigenvalue weighted by molar-refractivity contribution is 9.10. The molecule has 2 rings (SSSR count). The van der Waals surface area contributed by atoms with Crippen LogP contribution in [0.4, 0.5) is 8.78 Å². The number of nitrogens with one attached hydrogen (secondary N) is 1. The summed E-state index contributed by atoms with van der Waals surface area (Å²) in [5.74, 6) is -2.18. The van der Waals surface area contributed by atoms with Crippen molar-refractivity contribution < 1.29 is 22.3 Å². The Bertz CT molecular complexity index is 586. The van der Waals surface area contributed by atoms with Crippen molar-refractivity contribution >= 4 is 26.0 Å². The van der Waals surface area contributed by atoms with Crippen molar-refractivity contribution in [2.24, 2.45) is 5.92 Å². The summed E-state index contributed by atoms with van der Waals surface area (Å²) >= 11 is 2.87. The van der Waals surface area contributed by atoms with Crippen molar-refractivity contribution in [3.63, 3.8) is 0 Å². The fourth-order valence-electron chi connectivity index (χ4n) is 2.45. The molecule has 1 aromatic rings. The molecule has 2 unspecified atom stereocenters. The third kappa shape index (κ3) is 3.19.